The normalized spacial score (nSPS) is 19.0. The van der Waals surface area contributed by atoms with E-state index in [2.05, 4.69) is 5.32 Å². The Morgan fingerprint density at radius 1 is 0.886 bits per heavy atom. The van der Waals surface area contributed by atoms with Crippen LogP contribution >= 0.6 is 57.9 Å². The van der Waals surface area contributed by atoms with E-state index in [0.29, 0.717) is 48.4 Å². The van der Waals surface area contributed by atoms with Crippen molar-refractivity contribution in [3.05, 3.63) is 95.8 Å². The lowest BCUT2D eigenvalue weighted by Crippen LogP contribution is -2.33. The number of thioether (sulfide) groups is 1. The molecule has 9 nitrogen and oxygen atoms in total. The molecular weight excluding hydrogens is 669 g/mol. The van der Waals surface area contributed by atoms with Crippen molar-refractivity contribution in [2.45, 2.75) is 22.7 Å². The molecule has 0 aliphatic carbocycles. The zero-order valence-corrected chi connectivity index (χ0v) is 26.9. The van der Waals surface area contributed by atoms with E-state index in [0.717, 1.165) is 23.1 Å². The maximum Gasteiger partial charge on any atom is 0.308 e. The number of ether oxygens (including phenoxy) is 2. The second-order valence-electron chi connectivity index (χ2n) is 9.95. The Kier molecular flexibility index (Phi) is 8.42. The lowest BCUT2D eigenvalue weighted by Gasteiger charge is -2.31. The number of nitrogens with zero attached hydrogens (tertiary/aromatic N) is 2. The first-order chi connectivity index (χ1) is 21.1. The lowest BCUT2D eigenvalue weighted by atomic mass is 9.83. The van der Waals surface area contributed by atoms with Gasteiger partial charge >= 0.3 is 4.87 Å². The van der Waals surface area contributed by atoms with Crippen molar-refractivity contribution in [1.82, 2.24) is 4.57 Å². The first-order valence-corrected chi connectivity index (χ1v) is 15.9. The first-order valence-electron chi connectivity index (χ1n) is 13.1. The van der Waals surface area contributed by atoms with Gasteiger partial charge in [-0.15, -0.1) is 0 Å². The van der Waals surface area contributed by atoms with Gasteiger partial charge in [-0.05, 0) is 60.2 Å². The van der Waals surface area contributed by atoms with E-state index in [1.165, 1.54) is 29.8 Å². The SMILES string of the molecule is COc1ccc([C@H]2c3sc(=O)n(CC(=O)Nc4ccc(Cl)c(Cl)c4)c3SC3C(=O)N(c4ccc(Cl)cc4)C(=O)C32)cc1OC. The number of amides is 3. The van der Waals surface area contributed by atoms with E-state index in [1.807, 2.05) is 0 Å². The summed E-state index contributed by atoms with van der Waals surface area (Å²) in [5.74, 6) is -1.89. The Balaban J connectivity index is 1.43. The lowest BCUT2D eigenvalue weighted by molar-refractivity contribution is -0.122. The average molecular weight is 691 g/mol. The van der Waals surface area contributed by atoms with Crippen LogP contribution in [0.1, 0.15) is 16.4 Å². The Bertz CT molecular complexity index is 1880. The van der Waals surface area contributed by atoms with Crippen molar-refractivity contribution >= 4 is 87.0 Å². The topological polar surface area (TPSA) is 107 Å². The molecule has 3 heterocycles. The molecule has 0 radical (unpaired) electrons. The quantitative estimate of drug-likeness (QED) is 0.226. The van der Waals surface area contributed by atoms with Crippen LogP contribution in [0.3, 0.4) is 0 Å². The summed E-state index contributed by atoms with van der Waals surface area (Å²) in [6.07, 6.45) is 0. The van der Waals surface area contributed by atoms with Gasteiger partial charge in [0, 0.05) is 21.5 Å². The number of benzene rings is 3. The van der Waals surface area contributed by atoms with Crippen LogP contribution in [-0.2, 0) is 20.9 Å². The molecule has 4 aromatic rings. The highest BCUT2D eigenvalue weighted by atomic mass is 35.5. The molecule has 2 aliphatic heterocycles. The number of hydrogen-bond acceptors (Lipinski definition) is 8. The molecular formula is C30H22Cl3N3O6S2. The van der Waals surface area contributed by atoms with E-state index in [-0.39, 0.29) is 11.6 Å². The molecule has 1 fully saturated rings. The second kappa shape index (κ2) is 12.1. The molecule has 1 saturated heterocycles. The fourth-order valence-corrected chi connectivity index (χ4v) is 8.62. The molecule has 14 heteroatoms. The van der Waals surface area contributed by atoms with Gasteiger partial charge < -0.3 is 14.8 Å². The largest absolute Gasteiger partial charge is 0.493 e. The summed E-state index contributed by atoms with van der Waals surface area (Å²) in [6.45, 7) is -0.322. The molecule has 44 heavy (non-hydrogen) atoms. The molecule has 1 N–H and O–H groups in total. The smallest absolute Gasteiger partial charge is 0.308 e. The molecule has 3 atom stereocenters. The van der Waals surface area contributed by atoms with Crippen molar-refractivity contribution in [1.29, 1.82) is 0 Å². The maximum absolute atomic E-state index is 14.1. The van der Waals surface area contributed by atoms with Gasteiger partial charge in [0.05, 0.1) is 40.9 Å². The summed E-state index contributed by atoms with van der Waals surface area (Å²) >= 11 is 20.2. The van der Waals surface area contributed by atoms with Gasteiger partial charge in [-0.2, -0.15) is 0 Å². The van der Waals surface area contributed by atoms with Crippen LogP contribution in [-0.4, -0.2) is 41.8 Å². The number of thiazole rings is 1. The summed E-state index contributed by atoms with van der Waals surface area (Å²) in [6, 6.07) is 16.4. The van der Waals surface area contributed by atoms with Gasteiger partial charge in [-0.1, -0.05) is 64.0 Å². The zero-order chi connectivity index (χ0) is 31.3. The molecule has 3 aromatic carbocycles. The minimum absolute atomic E-state index is 0.267. The monoisotopic (exact) mass is 689 g/mol. The summed E-state index contributed by atoms with van der Waals surface area (Å²) in [4.78, 5) is 55.8. The van der Waals surface area contributed by atoms with Crippen LogP contribution in [0.5, 0.6) is 11.5 Å². The predicted octanol–water partition coefficient (Wildman–Crippen LogP) is 6.32. The fourth-order valence-electron chi connectivity index (χ4n) is 5.42. The Hall–Kier alpha value is -3.48. The zero-order valence-electron chi connectivity index (χ0n) is 23.0. The standard InChI is InChI=1S/C30H22Cl3N3O6S2/c1-41-20-10-3-14(11-21(20)42-2)23-24-25(28(39)36(27(24)38)17-7-4-15(31)5-8-17)43-29-26(23)44-30(40)35(29)13-22(37)34-16-6-9-18(32)19(33)12-16/h3-12,23-25H,13H2,1-2H3,(H,34,37)/t23-,24?,25?/m1/s1. The van der Waals surface area contributed by atoms with Crippen molar-refractivity contribution < 1.29 is 23.9 Å². The van der Waals surface area contributed by atoms with Crippen LogP contribution in [0.15, 0.2) is 70.5 Å². The molecule has 1 aromatic heterocycles. The number of anilines is 2. The average Bonchev–Trinajstić information content (AvgIpc) is 3.45. The molecule has 2 unspecified atom stereocenters. The Morgan fingerprint density at radius 3 is 2.30 bits per heavy atom. The number of aromatic nitrogens is 1. The highest BCUT2D eigenvalue weighted by molar-refractivity contribution is 8.00. The van der Waals surface area contributed by atoms with Gasteiger partial charge in [0.2, 0.25) is 17.7 Å². The van der Waals surface area contributed by atoms with Gasteiger partial charge in [0.25, 0.3) is 0 Å². The third kappa shape index (κ3) is 5.37. The summed E-state index contributed by atoms with van der Waals surface area (Å²) < 4.78 is 12.3. The number of nitrogens with one attached hydrogen (secondary N) is 1. The third-order valence-corrected chi connectivity index (χ3v) is 11.0. The number of carbonyl (C=O) groups is 3. The highest BCUT2D eigenvalue weighted by Crippen LogP contribution is 2.54. The molecule has 0 bridgehead atoms. The Morgan fingerprint density at radius 2 is 1.61 bits per heavy atom. The molecule has 226 valence electrons. The number of methoxy groups -OCH3 is 2. The number of carbonyl (C=O) groups excluding carboxylic acids is 3. The van der Waals surface area contributed by atoms with Crippen LogP contribution in [0, 0.1) is 5.92 Å². The van der Waals surface area contributed by atoms with Gasteiger partial charge in [-0.3, -0.25) is 23.7 Å². The molecule has 3 amide bonds. The number of fused-ring (bicyclic) bond motifs is 2. The van der Waals surface area contributed by atoms with E-state index in [9.17, 15) is 19.2 Å². The molecule has 6 rings (SSSR count). The number of rotatable bonds is 7. The second-order valence-corrected chi connectivity index (χ2v) is 13.3. The van der Waals surface area contributed by atoms with Crippen molar-refractivity contribution in [2.75, 3.05) is 24.4 Å². The minimum atomic E-state index is -0.859. The Labute approximate surface area is 274 Å². The van der Waals surface area contributed by atoms with E-state index in [1.54, 1.807) is 54.6 Å². The van der Waals surface area contributed by atoms with Crippen molar-refractivity contribution in [3.8, 4) is 11.5 Å². The molecule has 2 aliphatic rings. The number of imide groups is 1. The van der Waals surface area contributed by atoms with Crippen molar-refractivity contribution in [3.63, 3.8) is 0 Å². The highest BCUT2D eigenvalue weighted by Gasteiger charge is 2.57. The number of hydrogen-bond donors (Lipinski definition) is 1. The summed E-state index contributed by atoms with van der Waals surface area (Å²) in [5, 5.41) is 3.39. The summed E-state index contributed by atoms with van der Waals surface area (Å²) in [5.41, 5.74) is 1.46. The van der Waals surface area contributed by atoms with E-state index >= 15 is 0 Å². The van der Waals surface area contributed by atoms with Crippen LogP contribution < -0.4 is 24.6 Å². The van der Waals surface area contributed by atoms with E-state index in [4.69, 9.17) is 44.3 Å². The van der Waals surface area contributed by atoms with Crippen LogP contribution in [0.4, 0.5) is 11.4 Å². The van der Waals surface area contributed by atoms with Gasteiger partial charge in [0.15, 0.2) is 11.5 Å². The molecule has 0 saturated carbocycles. The van der Waals surface area contributed by atoms with Gasteiger partial charge in [0.1, 0.15) is 11.8 Å². The van der Waals surface area contributed by atoms with E-state index < -0.39 is 39.7 Å². The first kappa shape index (κ1) is 30.5. The molecule has 0 spiro atoms. The fraction of sp³-hybridized carbons (Fsp3) is 0.200. The van der Waals surface area contributed by atoms with Gasteiger partial charge in [-0.25, -0.2) is 4.90 Å². The predicted molar refractivity (Wildman–Crippen MR) is 172 cm³/mol. The van der Waals surface area contributed by atoms with Crippen LogP contribution in [0.2, 0.25) is 15.1 Å². The number of halogens is 3. The third-order valence-electron chi connectivity index (χ3n) is 7.41. The summed E-state index contributed by atoms with van der Waals surface area (Å²) in [7, 11) is 3.02. The maximum atomic E-state index is 14.1. The van der Waals surface area contributed by atoms with Crippen LogP contribution in [0.25, 0.3) is 0 Å². The minimum Gasteiger partial charge on any atom is -0.493 e. The van der Waals surface area contributed by atoms with Crippen molar-refractivity contribution in [2.24, 2.45) is 5.92 Å².